The summed E-state index contributed by atoms with van der Waals surface area (Å²) in [6.07, 6.45) is 2.12. The molecular weight excluding hydrogens is 332 g/mol. The first-order valence-electron chi connectivity index (χ1n) is 8.37. The number of guanidine groups is 1. The van der Waals surface area contributed by atoms with E-state index in [2.05, 4.69) is 53.1 Å². The number of rotatable bonds is 7. The van der Waals surface area contributed by atoms with E-state index in [1.807, 2.05) is 48.5 Å². The van der Waals surface area contributed by atoms with E-state index in [4.69, 9.17) is 4.99 Å². The van der Waals surface area contributed by atoms with E-state index in [0.29, 0.717) is 13.1 Å². The fourth-order valence-electron chi connectivity index (χ4n) is 2.06. The van der Waals surface area contributed by atoms with Gasteiger partial charge in [0.15, 0.2) is 11.8 Å². The van der Waals surface area contributed by atoms with Gasteiger partial charge in [-0.05, 0) is 32.6 Å². The molecule has 1 heterocycles. The smallest absolute Gasteiger partial charge is 0.192 e. The van der Waals surface area contributed by atoms with E-state index >= 15 is 0 Å². The van der Waals surface area contributed by atoms with Crippen LogP contribution in [0.3, 0.4) is 0 Å². The highest BCUT2D eigenvalue weighted by atomic mass is 32.2. The molecule has 0 aliphatic carbocycles. The molecule has 0 radical (unpaired) electrons. The zero-order chi connectivity index (χ0) is 18.3. The molecule has 0 spiro atoms. The third kappa shape index (κ3) is 6.08. The maximum Gasteiger partial charge on any atom is 0.192 e. The number of hydrogen-bond acceptors (Lipinski definition) is 4. The average molecular weight is 361 g/mol. The fraction of sp³-hybridized carbons (Fsp3) is 0.500. The molecule has 6 nitrogen and oxygen atoms in total. The van der Waals surface area contributed by atoms with E-state index in [9.17, 15) is 0 Å². The van der Waals surface area contributed by atoms with E-state index in [1.165, 1.54) is 5.56 Å². The van der Waals surface area contributed by atoms with Gasteiger partial charge in [0, 0.05) is 18.3 Å². The van der Waals surface area contributed by atoms with Crippen LogP contribution in [0.4, 0.5) is 0 Å². The molecular formula is C18H28N6S. The summed E-state index contributed by atoms with van der Waals surface area (Å²) in [4.78, 5) is 4.71. The van der Waals surface area contributed by atoms with E-state index in [-0.39, 0.29) is 4.75 Å². The molecule has 1 aromatic heterocycles. The summed E-state index contributed by atoms with van der Waals surface area (Å²) in [6, 6.07) is 10.2. The van der Waals surface area contributed by atoms with Gasteiger partial charge in [0.2, 0.25) is 0 Å². The second-order valence-corrected chi connectivity index (χ2v) is 8.06. The average Bonchev–Trinajstić information content (AvgIpc) is 2.94. The molecule has 0 unspecified atom stereocenters. The van der Waals surface area contributed by atoms with E-state index < -0.39 is 0 Å². The Hall–Kier alpha value is -2.02. The van der Waals surface area contributed by atoms with E-state index in [0.717, 1.165) is 24.2 Å². The second-order valence-electron chi connectivity index (χ2n) is 6.54. The number of thioether (sulfide) groups is 1. The number of aliphatic imine (C=N–C) groups is 1. The van der Waals surface area contributed by atoms with Crippen LogP contribution in [-0.4, -0.2) is 38.3 Å². The van der Waals surface area contributed by atoms with Crippen molar-refractivity contribution in [3.05, 3.63) is 47.5 Å². The standard InChI is InChI=1S/C18H28N6S/c1-14-22-23-16(24(14)4)12-20-17(21-13-18(2,3)25-5)19-11-15-9-7-6-8-10-15/h6-10H,11-13H2,1-5H3,(H2,19,20,21). The van der Waals surface area contributed by atoms with Gasteiger partial charge < -0.3 is 15.2 Å². The number of aryl methyl sites for hydroxylation is 1. The lowest BCUT2D eigenvalue weighted by molar-refractivity contribution is 0.653. The summed E-state index contributed by atoms with van der Waals surface area (Å²) in [5, 5.41) is 15.1. The van der Waals surface area contributed by atoms with Gasteiger partial charge in [0.05, 0.1) is 13.1 Å². The van der Waals surface area contributed by atoms with Gasteiger partial charge in [-0.1, -0.05) is 30.3 Å². The molecule has 0 fully saturated rings. The maximum atomic E-state index is 4.71. The molecule has 0 amide bonds. The SMILES string of the molecule is CSC(C)(C)CNC(=NCc1ccccc1)NCc1nnc(C)n1C. The van der Waals surface area contributed by atoms with Gasteiger partial charge in [-0.25, -0.2) is 4.99 Å². The van der Waals surface area contributed by atoms with Crippen molar-refractivity contribution in [3.8, 4) is 0 Å². The van der Waals surface area contributed by atoms with Gasteiger partial charge >= 0.3 is 0 Å². The monoisotopic (exact) mass is 360 g/mol. The molecule has 0 saturated carbocycles. The number of nitrogens with zero attached hydrogens (tertiary/aromatic N) is 4. The Bertz CT molecular complexity index is 693. The van der Waals surface area contributed by atoms with Crippen molar-refractivity contribution >= 4 is 17.7 Å². The fourth-order valence-corrected chi connectivity index (χ4v) is 2.28. The predicted octanol–water partition coefficient (Wildman–Crippen LogP) is 2.50. The van der Waals surface area contributed by atoms with Crippen LogP contribution in [0.2, 0.25) is 0 Å². The first-order valence-corrected chi connectivity index (χ1v) is 9.60. The highest BCUT2D eigenvalue weighted by Crippen LogP contribution is 2.19. The minimum absolute atomic E-state index is 0.135. The number of nitrogens with one attached hydrogen (secondary N) is 2. The second kappa shape index (κ2) is 8.89. The quantitative estimate of drug-likeness (QED) is 0.587. The molecule has 2 rings (SSSR count). The lowest BCUT2D eigenvalue weighted by atomic mass is 10.2. The molecule has 2 aromatic rings. The summed E-state index contributed by atoms with van der Waals surface area (Å²) >= 11 is 1.83. The Morgan fingerprint density at radius 1 is 1.20 bits per heavy atom. The highest BCUT2D eigenvalue weighted by Gasteiger charge is 2.16. The molecule has 0 aliphatic rings. The van der Waals surface area contributed by atoms with Crippen LogP contribution in [-0.2, 0) is 20.1 Å². The minimum atomic E-state index is 0.135. The summed E-state index contributed by atoms with van der Waals surface area (Å²) in [7, 11) is 1.97. The Labute approximate surface area is 154 Å². The molecule has 1 aromatic carbocycles. The molecule has 2 N–H and O–H groups in total. The van der Waals surface area contributed by atoms with Crippen LogP contribution < -0.4 is 10.6 Å². The van der Waals surface area contributed by atoms with Gasteiger partial charge in [-0.3, -0.25) is 0 Å². The number of benzene rings is 1. The molecule has 0 atom stereocenters. The topological polar surface area (TPSA) is 67.1 Å². The van der Waals surface area contributed by atoms with Crippen molar-refractivity contribution < 1.29 is 0 Å². The first-order chi connectivity index (χ1) is 11.9. The third-order valence-corrected chi connectivity index (χ3v) is 5.34. The Kier molecular flexibility index (Phi) is 6.87. The normalized spacial score (nSPS) is 12.3. The van der Waals surface area contributed by atoms with Crippen molar-refractivity contribution in [2.24, 2.45) is 12.0 Å². The number of aromatic nitrogens is 3. The van der Waals surface area contributed by atoms with E-state index in [1.54, 1.807) is 0 Å². The third-order valence-electron chi connectivity index (χ3n) is 4.09. The molecule has 136 valence electrons. The van der Waals surface area contributed by atoms with Gasteiger partial charge in [-0.2, -0.15) is 11.8 Å². The first kappa shape index (κ1) is 19.3. The summed E-state index contributed by atoms with van der Waals surface area (Å²) in [5.41, 5.74) is 1.18. The Morgan fingerprint density at radius 3 is 2.52 bits per heavy atom. The van der Waals surface area contributed by atoms with Gasteiger partial charge in [-0.15, -0.1) is 10.2 Å². The Morgan fingerprint density at radius 2 is 1.92 bits per heavy atom. The van der Waals surface area contributed by atoms with Crippen LogP contribution in [0, 0.1) is 6.92 Å². The van der Waals surface area contributed by atoms with Gasteiger partial charge in [0.25, 0.3) is 0 Å². The largest absolute Gasteiger partial charge is 0.355 e. The van der Waals surface area contributed by atoms with Crippen LogP contribution >= 0.6 is 11.8 Å². The summed E-state index contributed by atoms with van der Waals surface area (Å²) in [5.74, 6) is 2.57. The van der Waals surface area contributed by atoms with Crippen molar-refractivity contribution in [2.75, 3.05) is 12.8 Å². The Balaban J connectivity index is 2.03. The molecule has 0 bridgehead atoms. The van der Waals surface area contributed by atoms with Crippen molar-refractivity contribution in [2.45, 2.75) is 38.6 Å². The maximum absolute atomic E-state index is 4.71. The number of hydrogen-bond donors (Lipinski definition) is 2. The molecule has 0 aliphatic heterocycles. The lowest BCUT2D eigenvalue weighted by Gasteiger charge is -2.24. The van der Waals surface area contributed by atoms with Gasteiger partial charge in [0.1, 0.15) is 5.82 Å². The van der Waals surface area contributed by atoms with Crippen molar-refractivity contribution in [1.29, 1.82) is 0 Å². The summed E-state index contributed by atoms with van der Waals surface area (Å²) in [6.45, 7) is 8.41. The zero-order valence-electron chi connectivity index (χ0n) is 15.7. The van der Waals surface area contributed by atoms with Crippen LogP contribution in [0.15, 0.2) is 35.3 Å². The zero-order valence-corrected chi connectivity index (χ0v) is 16.5. The van der Waals surface area contributed by atoms with Crippen LogP contribution in [0.5, 0.6) is 0 Å². The molecule has 7 heteroatoms. The minimum Gasteiger partial charge on any atom is -0.355 e. The highest BCUT2D eigenvalue weighted by molar-refractivity contribution is 7.99. The predicted molar refractivity (Wildman–Crippen MR) is 106 cm³/mol. The molecule has 25 heavy (non-hydrogen) atoms. The summed E-state index contributed by atoms with van der Waals surface area (Å²) < 4.78 is 2.12. The van der Waals surface area contributed by atoms with Crippen LogP contribution in [0.1, 0.15) is 31.1 Å². The van der Waals surface area contributed by atoms with Crippen LogP contribution in [0.25, 0.3) is 0 Å². The lowest BCUT2D eigenvalue weighted by Crippen LogP contribution is -2.43. The van der Waals surface area contributed by atoms with Crippen molar-refractivity contribution in [1.82, 2.24) is 25.4 Å². The van der Waals surface area contributed by atoms with Crippen molar-refractivity contribution in [3.63, 3.8) is 0 Å². The molecule has 0 saturated heterocycles.